The molecule has 1 aromatic rings. The van der Waals surface area contributed by atoms with Gasteiger partial charge >= 0.3 is 0 Å². The summed E-state index contributed by atoms with van der Waals surface area (Å²) < 4.78 is 0. The van der Waals surface area contributed by atoms with Crippen molar-refractivity contribution < 1.29 is 4.79 Å². The number of aryl methyl sites for hydroxylation is 1. The van der Waals surface area contributed by atoms with E-state index >= 15 is 0 Å². The van der Waals surface area contributed by atoms with Gasteiger partial charge < -0.3 is 10.2 Å². The van der Waals surface area contributed by atoms with Gasteiger partial charge in [-0.25, -0.2) is 0 Å². The van der Waals surface area contributed by atoms with Crippen molar-refractivity contribution in [2.24, 2.45) is 17.8 Å². The highest BCUT2D eigenvalue weighted by Crippen LogP contribution is 2.48. The highest BCUT2D eigenvalue weighted by atomic mass is 16.1. The summed E-state index contributed by atoms with van der Waals surface area (Å²) in [4.78, 5) is 18.0. The third-order valence-electron chi connectivity index (χ3n) is 8.12. The number of amides is 1. The van der Waals surface area contributed by atoms with Gasteiger partial charge in [0.15, 0.2) is 0 Å². The van der Waals surface area contributed by atoms with Crippen LogP contribution >= 0.6 is 0 Å². The van der Waals surface area contributed by atoms with E-state index in [1.165, 1.54) is 56.3 Å². The van der Waals surface area contributed by atoms with E-state index in [0.29, 0.717) is 12.0 Å². The average molecular weight is 382 g/mol. The maximum atomic E-state index is 12.8. The van der Waals surface area contributed by atoms with Crippen LogP contribution in [0.15, 0.2) is 18.2 Å². The van der Waals surface area contributed by atoms with Crippen LogP contribution in [-0.4, -0.2) is 42.5 Å². The minimum Gasteiger partial charge on any atom is -0.370 e. The van der Waals surface area contributed by atoms with E-state index in [0.717, 1.165) is 37.2 Å². The van der Waals surface area contributed by atoms with E-state index in [2.05, 4.69) is 47.2 Å². The number of hydrogen-bond acceptors (Lipinski definition) is 3. The SMILES string of the molecule is Cc1cc(NC(=O)C2C[C@H]3CC[C@@H]2C3)ccc1N1CCC(N2CCCC2C)C1. The molecule has 5 rings (SSSR count). The van der Waals surface area contributed by atoms with Crippen molar-refractivity contribution in [3.05, 3.63) is 23.8 Å². The van der Waals surface area contributed by atoms with Crippen LogP contribution in [-0.2, 0) is 4.79 Å². The summed E-state index contributed by atoms with van der Waals surface area (Å²) in [5.41, 5.74) is 3.59. The zero-order valence-electron chi connectivity index (χ0n) is 17.5. The first kappa shape index (κ1) is 18.5. The first-order valence-electron chi connectivity index (χ1n) is 11.5. The van der Waals surface area contributed by atoms with Gasteiger partial charge in [-0.05, 0) is 94.5 Å². The Bertz CT molecular complexity index is 747. The van der Waals surface area contributed by atoms with Gasteiger partial charge in [0.05, 0.1) is 0 Å². The van der Waals surface area contributed by atoms with Crippen LogP contribution in [0.25, 0.3) is 0 Å². The Labute approximate surface area is 169 Å². The normalized spacial score (nSPS) is 35.1. The minimum atomic E-state index is 0.250. The summed E-state index contributed by atoms with van der Waals surface area (Å²) in [6.45, 7) is 8.13. The zero-order chi connectivity index (χ0) is 19.3. The molecule has 28 heavy (non-hydrogen) atoms. The Morgan fingerprint density at radius 1 is 1.11 bits per heavy atom. The second-order valence-corrected chi connectivity index (χ2v) is 9.89. The number of anilines is 2. The molecule has 4 heteroatoms. The van der Waals surface area contributed by atoms with Crippen molar-refractivity contribution in [2.75, 3.05) is 29.9 Å². The van der Waals surface area contributed by atoms with Crippen molar-refractivity contribution in [2.45, 2.75) is 70.9 Å². The van der Waals surface area contributed by atoms with Crippen molar-refractivity contribution >= 4 is 17.3 Å². The smallest absolute Gasteiger partial charge is 0.227 e. The number of carbonyl (C=O) groups excluding carboxylic acids is 1. The molecule has 1 aromatic carbocycles. The van der Waals surface area contributed by atoms with E-state index in [9.17, 15) is 4.79 Å². The Kier molecular flexibility index (Phi) is 4.86. The van der Waals surface area contributed by atoms with E-state index in [-0.39, 0.29) is 11.8 Å². The lowest BCUT2D eigenvalue weighted by Crippen LogP contribution is -2.39. The standard InChI is InChI=1S/C24H35N3O/c1-16-12-20(25-24(28)22-14-18-5-6-19(22)13-18)7-8-23(16)26-11-9-21(15-26)27-10-3-4-17(27)2/h7-8,12,17-19,21-22H,3-6,9-11,13-15H2,1-2H3,(H,25,28)/t17?,18-,19+,21?,22?/m0/s1. The summed E-state index contributed by atoms with van der Waals surface area (Å²) in [6.07, 6.45) is 8.97. The topological polar surface area (TPSA) is 35.6 Å². The molecule has 2 aliphatic heterocycles. The largest absolute Gasteiger partial charge is 0.370 e. The molecule has 2 heterocycles. The lowest BCUT2D eigenvalue weighted by molar-refractivity contribution is -0.121. The molecule has 2 aliphatic carbocycles. The minimum absolute atomic E-state index is 0.250. The molecule has 5 atom stereocenters. The van der Waals surface area contributed by atoms with Gasteiger partial charge in [0.25, 0.3) is 0 Å². The third kappa shape index (κ3) is 3.34. The molecule has 152 valence electrons. The Balaban J connectivity index is 1.22. The molecule has 3 unspecified atom stereocenters. The number of nitrogens with one attached hydrogen (secondary N) is 1. The molecule has 1 N–H and O–H groups in total. The summed E-state index contributed by atoms with van der Waals surface area (Å²) in [5, 5.41) is 3.22. The first-order chi connectivity index (χ1) is 13.6. The van der Waals surface area contributed by atoms with Crippen molar-refractivity contribution in [1.29, 1.82) is 0 Å². The summed E-state index contributed by atoms with van der Waals surface area (Å²) in [7, 11) is 0. The Morgan fingerprint density at radius 3 is 2.68 bits per heavy atom. The molecule has 2 saturated heterocycles. The molecule has 0 spiro atoms. The van der Waals surface area contributed by atoms with E-state index in [1.807, 2.05) is 0 Å². The molecular formula is C24H35N3O. The number of carbonyl (C=O) groups is 1. The Hall–Kier alpha value is -1.55. The third-order valence-corrected chi connectivity index (χ3v) is 8.12. The highest BCUT2D eigenvalue weighted by molar-refractivity contribution is 5.93. The molecule has 4 fully saturated rings. The van der Waals surface area contributed by atoms with Gasteiger partial charge in [0.1, 0.15) is 0 Å². The van der Waals surface area contributed by atoms with Crippen LogP contribution in [0.1, 0.15) is 57.4 Å². The molecule has 2 bridgehead atoms. The summed E-state index contributed by atoms with van der Waals surface area (Å²) in [6, 6.07) is 7.95. The molecule has 4 aliphatic rings. The molecule has 4 nitrogen and oxygen atoms in total. The van der Waals surface area contributed by atoms with Gasteiger partial charge in [0, 0.05) is 42.5 Å². The number of rotatable bonds is 4. The lowest BCUT2D eigenvalue weighted by atomic mass is 9.88. The second kappa shape index (κ2) is 7.37. The van der Waals surface area contributed by atoms with Crippen molar-refractivity contribution in [3.8, 4) is 0 Å². The second-order valence-electron chi connectivity index (χ2n) is 9.89. The van der Waals surface area contributed by atoms with Gasteiger partial charge in [-0.15, -0.1) is 0 Å². The van der Waals surface area contributed by atoms with Crippen LogP contribution in [0, 0.1) is 24.7 Å². The van der Waals surface area contributed by atoms with Gasteiger partial charge in [0.2, 0.25) is 5.91 Å². The average Bonchev–Trinajstić information content (AvgIpc) is 3.46. The highest BCUT2D eigenvalue weighted by Gasteiger charge is 2.43. The molecule has 0 aromatic heterocycles. The van der Waals surface area contributed by atoms with Crippen LogP contribution in [0.3, 0.4) is 0 Å². The summed E-state index contributed by atoms with van der Waals surface area (Å²) >= 11 is 0. The fourth-order valence-corrected chi connectivity index (χ4v) is 6.62. The molecule has 2 saturated carbocycles. The Morgan fingerprint density at radius 2 is 2.00 bits per heavy atom. The lowest BCUT2D eigenvalue weighted by Gasteiger charge is -2.29. The predicted octanol–water partition coefficient (Wildman–Crippen LogP) is 4.43. The number of hydrogen-bond donors (Lipinski definition) is 1. The zero-order valence-corrected chi connectivity index (χ0v) is 17.5. The predicted molar refractivity (Wildman–Crippen MR) is 115 cm³/mol. The molecule has 1 amide bonds. The number of fused-ring (bicyclic) bond motifs is 2. The number of likely N-dealkylation sites (tertiary alicyclic amines) is 1. The van der Waals surface area contributed by atoms with Gasteiger partial charge in [-0.1, -0.05) is 6.42 Å². The molecule has 0 radical (unpaired) electrons. The van der Waals surface area contributed by atoms with Crippen LogP contribution in [0.2, 0.25) is 0 Å². The number of benzene rings is 1. The fraction of sp³-hybridized carbons (Fsp3) is 0.708. The number of nitrogens with zero attached hydrogens (tertiary/aromatic N) is 2. The van der Waals surface area contributed by atoms with Gasteiger partial charge in [-0.2, -0.15) is 0 Å². The first-order valence-corrected chi connectivity index (χ1v) is 11.5. The van der Waals surface area contributed by atoms with E-state index < -0.39 is 0 Å². The van der Waals surface area contributed by atoms with E-state index in [1.54, 1.807) is 0 Å². The molecular weight excluding hydrogens is 346 g/mol. The van der Waals surface area contributed by atoms with Crippen molar-refractivity contribution in [1.82, 2.24) is 4.90 Å². The fourth-order valence-electron chi connectivity index (χ4n) is 6.62. The van der Waals surface area contributed by atoms with Crippen LogP contribution < -0.4 is 10.2 Å². The quantitative estimate of drug-likeness (QED) is 0.838. The maximum Gasteiger partial charge on any atom is 0.227 e. The van der Waals surface area contributed by atoms with Crippen LogP contribution in [0.5, 0.6) is 0 Å². The summed E-state index contributed by atoms with van der Waals surface area (Å²) in [5.74, 6) is 1.95. The van der Waals surface area contributed by atoms with Gasteiger partial charge in [-0.3, -0.25) is 9.69 Å². The maximum absolute atomic E-state index is 12.8. The van der Waals surface area contributed by atoms with E-state index in [4.69, 9.17) is 0 Å². The van der Waals surface area contributed by atoms with Crippen LogP contribution in [0.4, 0.5) is 11.4 Å². The monoisotopic (exact) mass is 381 g/mol. The van der Waals surface area contributed by atoms with Crippen molar-refractivity contribution in [3.63, 3.8) is 0 Å².